The van der Waals surface area contributed by atoms with Gasteiger partial charge in [0.15, 0.2) is 15.7 Å². The molecule has 0 radical (unpaired) electrons. The molecule has 5 nitrogen and oxygen atoms in total. The third kappa shape index (κ3) is 3.26. The quantitative estimate of drug-likeness (QED) is 0.809. The first-order valence-electron chi connectivity index (χ1n) is 7.92. The molecule has 24 heavy (non-hydrogen) atoms. The summed E-state index contributed by atoms with van der Waals surface area (Å²) < 4.78 is 27.0. The van der Waals surface area contributed by atoms with E-state index < -0.39 is 9.84 Å². The number of sulfone groups is 1. The van der Waals surface area contributed by atoms with Crippen LogP contribution in [0, 0.1) is 0 Å². The molecule has 0 N–H and O–H groups in total. The number of hydrogen-bond acceptors (Lipinski definition) is 4. The fraction of sp³-hybridized carbons (Fsp3) is 0.412. The lowest BCUT2D eigenvalue weighted by Crippen LogP contribution is -2.09. The zero-order valence-corrected chi connectivity index (χ0v) is 15.5. The summed E-state index contributed by atoms with van der Waals surface area (Å²) in [7, 11) is -1.57. The Labute approximate surface area is 147 Å². The Kier molecular flexibility index (Phi) is 4.53. The summed E-state index contributed by atoms with van der Waals surface area (Å²) in [5.74, 6) is 0.998. The molecule has 0 aromatic carbocycles. The van der Waals surface area contributed by atoms with E-state index in [0.29, 0.717) is 22.5 Å². The Hall–Kier alpha value is -1.66. The SMILES string of the molecule is CCS(=O)(=O)c1cc(C2CC2)cnc1-c1ncc(C=C(C)Cl)n1C. The zero-order valence-electron chi connectivity index (χ0n) is 14.0. The molecular formula is C17H20ClN3O2S. The van der Waals surface area contributed by atoms with Crippen LogP contribution >= 0.6 is 11.6 Å². The maximum Gasteiger partial charge on any atom is 0.180 e. The summed E-state index contributed by atoms with van der Waals surface area (Å²) in [5, 5.41) is 0.628. The van der Waals surface area contributed by atoms with Crippen LogP contribution in [-0.4, -0.2) is 28.7 Å². The van der Waals surface area contributed by atoms with E-state index in [1.807, 2.05) is 7.05 Å². The van der Waals surface area contributed by atoms with Crippen LogP contribution in [0.1, 0.15) is 43.9 Å². The van der Waals surface area contributed by atoms with E-state index >= 15 is 0 Å². The van der Waals surface area contributed by atoms with Gasteiger partial charge in [-0.1, -0.05) is 18.5 Å². The van der Waals surface area contributed by atoms with Crippen LogP contribution in [-0.2, 0) is 16.9 Å². The topological polar surface area (TPSA) is 64.8 Å². The number of rotatable bonds is 5. The van der Waals surface area contributed by atoms with Gasteiger partial charge in [-0.15, -0.1) is 0 Å². The fourth-order valence-corrected chi connectivity index (χ4v) is 3.82. The first-order chi connectivity index (χ1) is 11.3. The van der Waals surface area contributed by atoms with Crippen molar-refractivity contribution >= 4 is 27.5 Å². The molecule has 128 valence electrons. The normalized spacial score (nSPS) is 15.8. The Morgan fingerprint density at radius 3 is 2.67 bits per heavy atom. The lowest BCUT2D eigenvalue weighted by Gasteiger charge is -2.11. The molecule has 0 aliphatic heterocycles. The van der Waals surface area contributed by atoms with Crippen molar-refractivity contribution < 1.29 is 8.42 Å². The van der Waals surface area contributed by atoms with Gasteiger partial charge in [-0.2, -0.15) is 0 Å². The van der Waals surface area contributed by atoms with Crippen LogP contribution in [0.4, 0.5) is 0 Å². The number of hydrogen-bond donors (Lipinski definition) is 0. The average molecular weight is 366 g/mol. The molecule has 7 heteroatoms. The molecule has 2 aromatic rings. The summed E-state index contributed by atoms with van der Waals surface area (Å²) in [6.45, 7) is 3.43. The van der Waals surface area contributed by atoms with Crippen molar-refractivity contribution in [3.8, 4) is 11.5 Å². The van der Waals surface area contributed by atoms with Gasteiger partial charge in [0, 0.05) is 18.3 Å². The molecule has 1 saturated carbocycles. The molecular weight excluding hydrogens is 346 g/mol. The first-order valence-corrected chi connectivity index (χ1v) is 9.95. The molecule has 0 amide bonds. The second-order valence-electron chi connectivity index (χ2n) is 6.09. The van der Waals surface area contributed by atoms with Crippen LogP contribution in [0.3, 0.4) is 0 Å². The summed E-state index contributed by atoms with van der Waals surface area (Å²) in [6, 6.07) is 1.77. The van der Waals surface area contributed by atoms with Crippen LogP contribution < -0.4 is 0 Å². The Morgan fingerprint density at radius 2 is 2.08 bits per heavy atom. The predicted octanol–water partition coefficient (Wildman–Crippen LogP) is 3.75. The van der Waals surface area contributed by atoms with E-state index in [4.69, 9.17) is 11.6 Å². The molecule has 1 aliphatic carbocycles. The molecule has 1 aliphatic rings. The summed E-state index contributed by atoms with van der Waals surface area (Å²) in [5.41, 5.74) is 2.19. The number of allylic oxidation sites excluding steroid dienone is 1. The number of nitrogens with zero attached hydrogens (tertiary/aromatic N) is 3. The average Bonchev–Trinajstić information content (AvgIpc) is 3.33. The lowest BCUT2D eigenvalue weighted by molar-refractivity contribution is 0.597. The minimum atomic E-state index is -3.39. The second kappa shape index (κ2) is 6.33. The van der Waals surface area contributed by atoms with Crippen LogP contribution in [0.2, 0.25) is 0 Å². The number of imidazole rings is 1. The van der Waals surface area contributed by atoms with Crippen LogP contribution in [0.25, 0.3) is 17.6 Å². The minimum Gasteiger partial charge on any atom is -0.326 e. The molecule has 0 bridgehead atoms. The number of pyridine rings is 1. The van der Waals surface area contributed by atoms with Gasteiger partial charge in [0.05, 0.1) is 22.5 Å². The van der Waals surface area contributed by atoms with Crippen molar-refractivity contribution in [2.24, 2.45) is 7.05 Å². The van der Waals surface area contributed by atoms with Crippen molar-refractivity contribution in [3.63, 3.8) is 0 Å². The number of halogens is 1. The maximum absolute atomic E-state index is 12.6. The third-order valence-corrected chi connectivity index (χ3v) is 6.07. The first kappa shape index (κ1) is 17.2. The Morgan fingerprint density at radius 1 is 1.38 bits per heavy atom. The highest BCUT2D eigenvalue weighted by molar-refractivity contribution is 7.91. The van der Waals surface area contributed by atoms with E-state index in [0.717, 1.165) is 24.1 Å². The van der Waals surface area contributed by atoms with E-state index in [-0.39, 0.29) is 10.6 Å². The van der Waals surface area contributed by atoms with Crippen molar-refractivity contribution in [1.29, 1.82) is 0 Å². The predicted molar refractivity (Wildman–Crippen MR) is 95.6 cm³/mol. The summed E-state index contributed by atoms with van der Waals surface area (Å²) in [4.78, 5) is 9.10. The fourth-order valence-electron chi connectivity index (χ4n) is 2.64. The summed E-state index contributed by atoms with van der Waals surface area (Å²) >= 11 is 5.94. The van der Waals surface area contributed by atoms with Crippen molar-refractivity contribution in [2.75, 3.05) is 5.75 Å². The highest BCUT2D eigenvalue weighted by atomic mass is 35.5. The van der Waals surface area contributed by atoms with Crippen LogP contribution in [0.15, 0.2) is 28.4 Å². The van der Waals surface area contributed by atoms with E-state index in [1.165, 1.54) is 0 Å². The van der Waals surface area contributed by atoms with Crippen molar-refractivity contribution in [3.05, 3.63) is 34.7 Å². The third-order valence-electron chi connectivity index (χ3n) is 4.22. The van der Waals surface area contributed by atoms with E-state index in [2.05, 4.69) is 9.97 Å². The van der Waals surface area contributed by atoms with Gasteiger partial charge in [0.25, 0.3) is 0 Å². The van der Waals surface area contributed by atoms with Gasteiger partial charge in [0.1, 0.15) is 5.69 Å². The second-order valence-corrected chi connectivity index (χ2v) is 8.93. The molecule has 3 rings (SSSR count). The summed E-state index contributed by atoms with van der Waals surface area (Å²) in [6.07, 6.45) is 7.42. The Bertz CT molecular complexity index is 908. The highest BCUT2D eigenvalue weighted by Crippen LogP contribution is 2.41. The molecule has 0 saturated heterocycles. The molecule has 0 unspecified atom stereocenters. The highest BCUT2D eigenvalue weighted by Gasteiger charge is 2.28. The maximum atomic E-state index is 12.6. The van der Waals surface area contributed by atoms with Crippen molar-refractivity contribution in [2.45, 2.75) is 37.5 Å². The Balaban J connectivity index is 2.17. The number of aromatic nitrogens is 3. The molecule has 0 atom stereocenters. The largest absolute Gasteiger partial charge is 0.326 e. The monoisotopic (exact) mass is 365 g/mol. The van der Waals surface area contributed by atoms with Gasteiger partial charge >= 0.3 is 0 Å². The van der Waals surface area contributed by atoms with Gasteiger partial charge in [-0.05, 0) is 43.4 Å². The van der Waals surface area contributed by atoms with E-state index in [1.54, 1.807) is 43.0 Å². The molecule has 2 aromatic heterocycles. The van der Waals surface area contributed by atoms with Gasteiger partial charge in [-0.3, -0.25) is 4.98 Å². The molecule has 0 spiro atoms. The molecule has 1 fully saturated rings. The van der Waals surface area contributed by atoms with Crippen molar-refractivity contribution in [1.82, 2.24) is 14.5 Å². The standard InChI is InChI=1S/C17H20ClN3O2S/c1-4-24(22,23)15-8-13(12-5-6-12)9-19-16(15)17-20-10-14(21(17)3)7-11(2)18/h7-10,12H,4-6H2,1-3H3. The molecule has 2 heterocycles. The smallest absolute Gasteiger partial charge is 0.180 e. The minimum absolute atomic E-state index is 0.0355. The van der Waals surface area contributed by atoms with E-state index in [9.17, 15) is 8.42 Å². The zero-order chi connectivity index (χ0) is 17.5. The lowest BCUT2D eigenvalue weighted by atomic mass is 10.2. The van der Waals surface area contributed by atoms with Gasteiger partial charge in [-0.25, -0.2) is 13.4 Å². The van der Waals surface area contributed by atoms with Crippen LogP contribution in [0.5, 0.6) is 0 Å². The van der Waals surface area contributed by atoms with Gasteiger partial charge < -0.3 is 4.57 Å². The van der Waals surface area contributed by atoms with Gasteiger partial charge in [0.2, 0.25) is 0 Å².